The molecule has 0 radical (unpaired) electrons. The van der Waals surface area contributed by atoms with Crippen LogP contribution in [0.25, 0.3) is 0 Å². The lowest BCUT2D eigenvalue weighted by Gasteiger charge is -2.27. The molecule has 1 aliphatic carbocycles. The topological polar surface area (TPSA) is 64.3 Å². The first-order valence-corrected chi connectivity index (χ1v) is 7.86. The number of amides is 1. The quantitative estimate of drug-likeness (QED) is 0.721. The number of carbonyl (C=O) groups is 1. The second kappa shape index (κ2) is 6.50. The molecule has 3 N–H and O–H groups in total. The lowest BCUT2D eigenvalue weighted by molar-refractivity contribution is -0.124. The van der Waals surface area contributed by atoms with Crippen LogP contribution in [-0.2, 0) is 4.79 Å². The Bertz CT molecular complexity index is 459. The van der Waals surface area contributed by atoms with Gasteiger partial charge in [0.1, 0.15) is 5.75 Å². The van der Waals surface area contributed by atoms with E-state index in [4.69, 9.17) is 10.5 Å². The number of benzene rings is 1. The van der Waals surface area contributed by atoms with Crippen LogP contribution in [0.2, 0.25) is 0 Å². The number of primary amides is 1. The number of rotatable bonds is 8. The van der Waals surface area contributed by atoms with E-state index in [0.717, 1.165) is 30.8 Å². The lowest BCUT2D eigenvalue weighted by Crippen LogP contribution is -2.54. The molecular weight excluding hydrogens is 272 g/mol. The molecule has 0 spiro atoms. The minimum absolute atomic E-state index is 0.264. The highest BCUT2D eigenvalue weighted by molar-refractivity contribution is 7.99. The molecule has 1 atom stereocenters. The van der Waals surface area contributed by atoms with E-state index in [0.29, 0.717) is 6.04 Å². The summed E-state index contributed by atoms with van der Waals surface area (Å²) in [5, 5.41) is 3.36. The minimum Gasteiger partial charge on any atom is -0.497 e. The van der Waals surface area contributed by atoms with Crippen molar-refractivity contribution in [3.05, 3.63) is 24.3 Å². The number of ether oxygens (including phenoxy) is 1. The van der Waals surface area contributed by atoms with E-state index >= 15 is 0 Å². The molecule has 4 nitrogen and oxygen atoms in total. The molecule has 0 bridgehead atoms. The highest BCUT2D eigenvalue weighted by atomic mass is 32.2. The second-order valence-corrected chi connectivity index (χ2v) is 6.56. The summed E-state index contributed by atoms with van der Waals surface area (Å²) in [5.74, 6) is 1.44. The molecule has 1 saturated carbocycles. The predicted molar refractivity (Wildman–Crippen MR) is 82.1 cm³/mol. The number of carbonyl (C=O) groups excluding carboxylic acids is 1. The summed E-state index contributed by atoms with van der Waals surface area (Å²) >= 11 is 1.73. The van der Waals surface area contributed by atoms with E-state index in [1.54, 1.807) is 18.9 Å². The fourth-order valence-corrected chi connectivity index (χ4v) is 3.06. The molecule has 0 saturated heterocycles. The number of methoxy groups -OCH3 is 1. The van der Waals surface area contributed by atoms with Gasteiger partial charge >= 0.3 is 0 Å². The smallest absolute Gasteiger partial charge is 0.237 e. The summed E-state index contributed by atoms with van der Waals surface area (Å²) in [6.45, 7) is 1.90. The molecule has 1 aliphatic rings. The highest BCUT2D eigenvalue weighted by Crippen LogP contribution is 2.27. The van der Waals surface area contributed by atoms with Crippen molar-refractivity contribution < 1.29 is 9.53 Å². The average molecular weight is 294 g/mol. The Labute approximate surface area is 124 Å². The van der Waals surface area contributed by atoms with Gasteiger partial charge in [-0.1, -0.05) is 0 Å². The normalized spacial score (nSPS) is 17.5. The molecule has 0 aliphatic heterocycles. The molecule has 2 rings (SSSR count). The van der Waals surface area contributed by atoms with Crippen molar-refractivity contribution in [2.24, 2.45) is 5.73 Å². The van der Waals surface area contributed by atoms with E-state index in [9.17, 15) is 4.79 Å². The Balaban J connectivity index is 1.84. The zero-order chi connectivity index (χ0) is 14.6. The maximum atomic E-state index is 11.6. The third-order valence-electron chi connectivity index (χ3n) is 3.57. The summed E-state index contributed by atoms with van der Waals surface area (Å²) in [6, 6.07) is 8.41. The van der Waals surface area contributed by atoms with Crippen molar-refractivity contribution in [1.82, 2.24) is 5.32 Å². The molecule has 1 aromatic rings. The van der Waals surface area contributed by atoms with E-state index in [-0.39, 0.29) is 5.91 Å². The van der Waals surface area contributed by atoms with Crippen LogP contribution in [0.15, 0.2) is 29.2 Å². The molecular formula is C15H22N2O2S. The largest absolute Gasteiger partial charge is 0.497 e. The van der Waals surface area contributed by atoms with Gasteiger partial charge in [0.05, 0.1) is 12.6 Å². The van der Waals surface area contributed by atoms with Gasteiger partial charge in [-0.3, -0.25) is 4.79 Å². The van der Waals surface area contributed by atoms with Gasteiger partial charge in [-0.05, 0) is 50.5 Å². The van der Waals surface area contributed by atoms with E-state index in [1.807, 2.05) is 31.2 Å². The summed E-state index contributed by atoms with van der Waals surface area (Å²) in [6.07, 6.45) is 3.03. The van der Waals surface area contributed by atoms with Gasteiger partial charge in [0.25, 0.3) is 0 Å². The number of hydrogen-bond acceptors (Lipinski definition) is 4. The first kappa shape index (κ1) is 15.2. The van der Waals surface area contributed by atoms with Crippen molar-refractivity contribution in [1.29, 1.82) is 0 Å². The van der Waals surface area contributed by atoms with Crippen LogP contribution in [0.1, 0.15) is 26.2 Å². The van der Waals surface area contributed by atoms with Gasteiger partial charge in [0.2, 0.25) is 5.91 Å². The van der Waals surface area contributed by atoms with Gasteiger partial charge in [0.15, 0.2) is 0 Å². The van der Waals surface area contributed by atoms with E-state index in [2.05, 4.69) is 5.32 Å². The maximum absolute atomic E-state index is 11.6. The van der Waals surface area contributed by atoms with Gasteiger partial charge < -0.3 is 15.8 Å². The first-order valence-electron chi connectivity index (χ1n) is 6.88. The summed E-state index contributed by atoms with van der Waals surface area (Å²) in [7, 11) is 1.66. The number of nitrogens with one attached hydrogen (secondary N) is 1. The highest BCUT2D eigenvalue weighted by Gasteiger charge is 2.36. The van der Waals surface area contributed by atoms with Gasteiger partial charge in [-0.15, -0.1) is 11.8 Å². The van der Waals surface area contributed by atoms with Crippen molar-refractivity contribution in [3.8, 4) is 5.75 Å². The van der Waals surface area contributed by atoms with Crippen LogP contribution in [-0.4, -0.2) is 30.4 Å². The molecule has 20 heavy (non-hydrogen) atoms. The molecule has 0 aromatic heterocycles. The Morgan fingerprint density at radius 3 is 2.60 bits per heavy atom. The standard InChI is InChI=1S/C15H22N2O2S/c1-15(14(16)18,17-11-3-4-11)9-10-20-13-7-5-12(19-2)6-8-13/h5-8,11,17H,3-4,9-10H2,1-2H3,(H2,16,18). The molecule has 1 fully saturated rings. The Hall–Kier alpha value is -1.20. The number of nitrogens with two attached hydrogens (primary N) is 1. The average Bonchev–Trinajstić information content (AvgIpc) is 3.23. The fraction of sp³-hybridized carbons (Fsp3) is 0.533. The van der Waals surface area contributed by atoms with Crippen LogP contribution >= 0.6 is 11.8 Å². The molecule has 5 heteroatoms. The molecule has 110 valence electrons. The summed E-state index contributed by atoms with van der Waals surface area (Å²) < 4.78 is 5.13. The first-order chi connectivity index (χ1) is 9.53. The number of thioether (sulfide) groups is 1. The van der Waals surface area contributed by atoms with Gasteiger partial charge in [0, 0.05) is 16.7 Å². The summed E-state index contributed by atoms with van der Waals surface area (Å²) in [4.78, 5) is 12.8. The Kier molecular flexibility index (Phi) is 4.94. The van der Waals surface area contributed by atoms with Crippen LogP contribution in [0.5, 0.6) is 5.75 Å². The maximum Gasteiger partial charge on any atom is 0.237 e. The molecule has 1 aromatic carbocycles. The SMILES string of the molecule is COc1ccc(SCCC(C)(NC2CC2)C(N)=O)cc1. The van der Waals surface area contributed by atoms with Crippen LogP contribution in [0, 0.1) is 0 Å². The van der Waals surface area contributed by atoms with Crippen molar-refractivity contribution in [2.45, 2.75) is 42.7 Å². The van der Waals surface area contributed by atoms with Crippen LogP contribution in [0.4, 0.5) is 0 Å². The third kappa shape index (κ3) is 4.15. The Morgan fingerprint density at radius 2 is 2.10 bits per heavy atom. The second-order valence-electron chi connectivity index (χ2n) is 5.39. The summed E-state index contributed by atoms with van der Waals surface area (Å²) in [5.41, 5.74) is 4.94. The van der Waals surface area contributed by atoms with Crippen LogP contribution < -0.4 is 15.8 Å². The third-order valence-corrected chi connectivity index (χ3v) is 4.59. The van der Waals surface area contributed by atoms with Crippen molar-refractivity contribution in [3.63, 3.8) is 0 Å². The van der Waals surface area contributed by atoms with E-state index in [1.165, 1.54) is 4.90 Å². The molecule has 1 unspecified atom stereocenters. The van der Waals surface area contributed by atoms with E-state index < -0.39 is 5.54 Å². The minimum atomic E-state index is -0.597. The van der Waals surface area contributed by atoms with Gasteiger partial charge in [-0.25, -0.2) is 0 Å². The zero-order valence-corrected chi connectivity index (χ0v) is 12.8. The van der Waals surface area contributed by atoms with Crippen molar-refractivity contribution in [2.75, 3.05) is 12.9 Å². The lowest BCUT2D eigenvalue weighted by atomic mass is 9.98. The molecule has 1 amide bonds. The van der Waals surface area contributed by atoms with Gasteiger partial charge in [-0.2, -0.15) is 0 Å². The molecule has 0 heterocycles. The number of hydrogen-bond donors (Lipinski definition) is 2. The van der Waals surface area contributed by atoms with Crippen molar-refractivity contribution >= 4 is 17.7 Å². The van der Waals surface area contributed by atoms with Crippen LogP contribution in [0.3, 0.4) is 0 Å². The fourth-order valence-electron chi connectivity index (χ4n) is 1.99. The predicted octanol–water partition coefficient (Wildman–Crippen LogP) is 2.17. The monoisotopic (exact) mass is 294 g/mol. The zero-order valence-electron chi connectivity index (χ0n) is 12.0. The Morgan fingerprint density at radius 1 is 1.45 bits per heavy atom.